The predicted molar refractivity (Wildman–Crippen MR) is 88.0 cm³/mol. The van der Waals surface area contributed by atoms with Crippen LogP contribution in [0.15, 0.2) is 24.7 Å². The Hall–Kier alpha value is -2.21. The number of pyridine rings is 1. The summed E-state index contributed by atoms with van der Waals surface area (Å²) in [5, 5.41) is 4.54. The Kier molecular flexibility index (Phi) is 3.61. The molecule has 0 spiro atoms. The molecule has 118 valence electrons. The summed E-state index contributed by atoms with van der Waals surface area (Å²) in [4.78, 5) is 15.8. The molecule has 3 heterocycles. The van der Waals surface area contributed by atoms with Gasteiger partial charge in [-0.2, -0.15) is 0 Å². The van der Waals surface area contributed by atoms with Crippen LogP contribution in [0.2, 0.25) is 5.02 Å². The highest BCUT2D eigenvalue weighted by Gasteiger charge is 2.18. The number of rotatable bonds is 3. The van der Waals surface area contributed by atoms with Gasteiger partial charge in [-0.1, -0.05) is 24.4 Å². The Balaban J connectivity index is 1.74. The van der Waals surface area contributed by atoms with E-state index in [4.69, 9.17) is 11.6 Å². The number of fused-ring (bicyclic) bond motifs is 1. The normalized spacial score (nSPS) is 15.4. The summed E-state index contributed by atoms with van der Waals surface area (Å²) in [6.45, 7) is 0. The van der Waals surface area contributed by atoms with E-state index >= 15 is 0 Å². The van der Waals surface area contributed by atoms with Gasteiger partial charge < -0.3 is 10.3 Å². The van der Waals surface area contributed by atoms with Crippen molar-refractivity contribution in [2.24, 2.45) is 0 Å². The summed E-state index contributed by atoms with van der Waals surface area (Å²) in [6, 6.07) is 2.08. The number of nitrogens with zero attached hydrogens (tertiary/aromatic N) is 3. The molecule has 0 aromatic carbocycles. The molecule has 4 rings (SSSR count). The lowest BCUT2D eigenvalue weighted by Crippen LogP contribution is -2.17. The van der Waals surface area contributed by atoms with E-state index in [-0.39, 0.29) is 11.9 Å². The van der Waals surface area contributed by atoms with E-state index in [1.54, 1.807) is 18.5 Å². The van der Waals surface area contributed by atoms with Crippen molar-refractivity contribution in [2.75, 3.05) is 5.32 Å². The highest BCUT2D eigenvalue weighted by Crippen LogP contribution is 2.29. The lowest BCUT2D eigenvalue weighted by Gasteiger charge is -2.13. The van der Waals surface area contributed by atoms with Crippen LogP contribution in [0.5, 0.6) is 0 Å². The number of nitrogens with one attached hydrogen (secondary N) is 2. The van der Waals surface area contributed by atoms with E-state index < -0.39 is 5.82 Å². The van der Waals surface area contributed by atoms with Crippen LogP contribution in [0.3, 0.4) is 0 Å². The van der Waals surface area contributed by atoms with Gasteiger partial charge in [-0.3, -0.25) is 0 Å². The monoisotopic (exact) mass is 331 g/mol. The van der Waals surface area contributed by atoms with Crippen LogP contribution in [0.1, 0.15) is 25.7 Å². The Bertz CT molecular complexity index is 857. The van der Waals surface area contributed by atoms with Crippen molar-refractivity contribution >= 4 is 28.5 Å². The first-order valence-electron chi connectivity index (χ1n) is 7.63. The highest BCUT2D eigenvalue weighted by atomic mass is 35.5. The van der Waals surface area contributed by atoms with E-state index in [9.17, 15) is 4.39 Å². The Morgan fingerprint density at radius 1 is 1.22 bits per heavy atom. The molecule has 0 aliphatic heterocycles. The van der Waals surface area contributed by atoms with Crippen LogP contribution >= 0.6 is 11.6 Å². The van der Waals surface area contributed by atoms with E-state index in [1.807, 2.05) is 0 Å². The summed E-state index contributed by atoms with van der Waals surface area (Å²) >= 11 is 6.02. The van der Waals surface area contributed by atoms with Gasteiger partial charge in [0.05, 0.1) is 11.2 Å². The Morgan fingerprint density at radius 2 is 2.04 bits per heavy atom. The zero-order valence-corrected chi connectivity index (χ0v) is 13.1. The number of aromatic amines is 1. The fourth-order valence-corrected chi connectivity index (χ4v) is 3.18. The van der Waals surface area contributed by atoms with Gasteiger partial charge in [-0.15, -0.1) is 0 Å². The molecule has 7 heteroatoms. The zero-order valence-electron chi connectivity index (χ0n) is 12.3. The number of halogens is 2. The maximum absolute atomic E-state index is 14.0. The second kappa shape index (κ2) is 5.77. The summed E-state index contributed by atoms with van der Waals surface area (Å²) in [7, 11) is 0. The summed E-state index contributed by atoms with van der Waals surface area (Å²) in [5.41, 5.74) is 1.45. The number of anilines is 1. The van der Waals surface area contributed by atoms with E-state index in [1.165, 1.54) is 19.0 Å². The number of H-pyrrole nitrogens is 1. The molecule has 1 aliphatic rings. The van der Waals surface area contributed by atoms with E-state index in [0.29, 0.717) is 16.5 Å². The number of hydrogen-bond donors (Lipinski definition) is 2. The van der Waals surface area contributed by atoms with Crippen LogP contribution in [0, 0.1) is 5.82 Å². The smallest absolute Gasteiger partial charge is 0.183 e. The van der Waals surface area contributed by atoms with Crippen LogP contribution in [-0.4, -0.2) is 26.0 Å². The third-order valence-electron chi connectivity index (χ3n) is 4.18. The maximum atomic E-state index is 14.0. The molecule has 0 atom stereocenters. The van der Waals surface area contributed by atoms with Crippen molar-refractivity contribution in [3.8, 4) is 11.4 Å². The first-order chi connectivity index (χ1) is 11.2. The number of aromatic nitrogens is 4. The highest BCUT2D eigenvalue weighted by molar-refractivity contribution is 6.31. The summed E-state index contributed by atoms with van der Waals surface area (Å²) in [6.07, 6.45) is 8.98. The molecule has 23 heavy (non-hydrogen) atoms. The second-order valence-corrected chi connectivity index (χ2v) is 6.20. The molecule has 0 bridgehead atoms. The van der Waals surface area contributed by atoms with Gasteiger partial charge in [-0.05, 0) is 18.9 Å². The van der Waals surface area contributed by atoms with E-state index in [0.717, 1.165) is 23.8 Å². The van der Waals surface area contributed by atoms with E-state index in [2.05, 4.69) is 25.3 Å². The fraction of sp³-hybridized carbons (Fsp3) is 0.312. The van der Waals surface area contributed by atoms with Crippen molar-refractivity contribution in [1.29, 1.82) is 0 Å². The first kappa shape index (κ1) is 14.4. The third kappa shape index (κ3) is 2.74. The SMILES string of the molecule is Fc1cnc(-c2c[nH]c3ncc(Cl)cc23)nc1NC1CCCC1. The summed E-state index contributed by atoms with van der Waals surface area (Å²) < 4.78 is 14.0. The number of hydrogen-bond acceptors (Lipinski definition) is 4. The molecule has 3 aromatic heterocycles. The standard InChI is InChI=1S/C16H15ClFN5/c17-9-5-11-12(7-20-14(11)19-6-9)15-21-8-13(18)16(23-15)22-10-3-1-2-4-10/h5-8,10H,1-4H2,(H,19,20)(H,21,22,23). The van der Waals surface area contributed by atoms with Gasteiger partial charge in [-0.25, -0.2) is 19.3 Å². The predicted octanol–water partition coefficient (Wildman–Crippen LogP) is 4.17. The van der Waals surface area contributed by atoms with Crippen molar-refractivity contribution in [2.45, 2.75) is 31.7 Å². The lowest BCUT2D eigenvalue weighted by molar-refractivity contribution is 0.610. The maximum Gasteiger partial charge on any atom is 0.183 e. The average molecular weight is 332 g/mol. The van der Waals surface area contributed by atoms with Crippen molar-refractivity contribution < 1.29 is 4.39 Å². The molecule has 1 saturated carbocycles. The van der Waals surface area contributed by atoms with Gasteiger partial charge in [0.25, 0.3) is 0 Å². The molecule has 5 nitrogen and oxygen atoms in total. The molecule has 0 unspecified atom stereocenters. The van der Waals surface area contributed by atoms with Gasteiger partial charge in [0.2, 0.25) is 0 Å². The average Bonchev–Trinajstić information content (AvgIpc) is 3.19. The van der Waals surface area contributed by atoms with Crippen LogP contribution in [0.25, 0.3) is 22.4 Å². The van der Waals surface area contributed by atoms with Crippen LogP contribution < -0.4 is 5.32 Å². The lowest BCUT2D eigenvalue weighted by atomic mass is 10.2. The van der Waals surface area contributed by atoms with Crippen LogP contribution in [0.4, 0.5) is 10.2 Å². The Morgan fingerprint density at radius 3 is 2.87 bits per heavy atom. The molecule has 0 radical (unpaired) electrons. The van der Waals surface area contributed by atoms with Crippen LogP contribution in [-0.2, 0) is 0 Å². The molecular weight excluding hydrogens is 317 g/mol. The minimum absolute atomic E-state index is 0.256. The quantitative estimate of drug-likeness (QED) is 0.756. The minimum Gasteiger partial charge on any atom is -0.365 e. The second-order valence-electron chi connectivity index (χ2n) is 5.77. The molecule has 1 aliphatic carbocycles. The van der Waals surface area contributed by atoms with Gasteiger partial charge in [0, 0.05) is 29.4 Å². The Labute approximate surface area is 137 Å². The largest absolute Gasteiger partial charge is 0.365 e. The molecule has 3 aromatic rings. The molecule has 0 amide bonds. The van der Waals surface area contributed by atoms with Crippen molar-refractivity contribution in [1.82, 2.24) is 19.9 Å². The van der Waals surface area contributed by atoms with Gasteiger partial charge in [0.1, 0.15) is 5.65 Å². The minimum atomic E-state index is -0.434. The zero-order chi connectivity index (χ0) is 15.8. The molecule has 2 N–H and O–H groups in total. The summed E-state index contributed by atoms with van der Waals surface area (Å²) in [5.74, 6) is 0.269. The third-order valence-corrected chi connectivity index (χ3v) is 4.39. The van der Waals surface area contributed by atoms with Crippen molar-refractivity contribution in [3.05, 3.63) is 35.5 Å². The molecule has 0 saturated heterocycles. The van der Waals surface area contributed by atoms with Crippen molar-refractivity contribution in [3.63, 3.8) is 0 Å². The fourth-order valence-electron chi connectivity index (χ4n) is 3.02. The molecular formula is C16H15ClFN5. The van der Waals surface area contributed by atoms with Gasteiger partial charge in [0.15, 0.2) is 17.5 Å². The van der Waals surface area contributed by atoms with Gasteiger partial charge >= 0.3 is 0 Å². The first-order valence-corrected chi connectivity index (χ1v) is 8.00. The molecule has 1 fully saturated rings. The topological polar surface area (TPSA) is 66.5 Å².